The summed E-state index contributed by atoms with van der Waals surface area (Å²) in [4.78, 5) is 32.4. The van der Waals surface area contributed by atoms with Crippen LogP contribution < -0.4 is 9.80 Å². The number of aromatic nitrogens is 5. The largest absolute Gasteiger partial charge is 0.362 e. The van der Waals surface area contributed by atoms with E-state index in [1.165, 1.54) is 19.2 Å². The van der Waals surface area contributed by atoms with Gasteiger partial charge in [-0.1, -0.05) is 0 Å². The number of nitrogens with one attached hydrogen (secondary N) is 1. The Bertz CT molecular complexity index is 782. The molecule has 2 aromatic heterocycles. The first-order valence-corrected chi connectivity index (χ1v) is 9.10. The van der Waals surface area contributed by atoms with Crippen molar-refractivity contribution in [3.8, 4) is 0 Å². The Labute approximate surface area is 152 Å². The monoisotopic (exact) mass is 356 g/mol. The zero-order valence-electron chi connectivity index (χ0n) is 15.3. The van der Waals surface area contributed by atoms with Gasteiger partial charge in [-0.3, -0.25) is 9.89 Å². The van der Waals surface area contributed by atoms with Crippen molar-refractivity contribution in [1.82, 2.24) is 30.0 Å². The van der Waals surface area contributed by atoms with Gasteiger partial charge in [0.25, 0.3) is 5.91 Å². The van der Waals surface area contributed by atoms with Crippen LogP contribution in [0, 0.1) is 0 Å². The van der Waals surface area contributed by atoms with E-state index < -0.39 is 0 Å². The van der Waals surface area contributed by atoms with E-state index in [2.05, 4.69) is 20.1 Å². The van der Waals surface area contributed by atoms with Gasteiger partial charge in [0.15, 0.2) is 0 Å². The smallest absolute Gasteiger partial charge is 0.291 e. The maximum atomic E-state index is 12.6. The number of aromatic amines is 1. The Morgan fingerprint density at radius 2 is 1.88 bits per heavy atom. The van der Waals surface area contributed by atoms with Crippen molar-refractivity contribution in [2.45, 2.75) is 25.7 Å². The molecule has 2 aliphatic heterocycles. The lowest BCUT2D eigenvalue weighted by molar-refractivity contribution is 0.0751. The highest BCUT2D eigenvalue weighted by atomic mass is 16.2. The Balaban J connectivity index is 1.62. The maximum Gasteiger partial charge on any atom is 0.291 e. The highest BCUT2D eigenvalue weighted by molar-refractivity contribution is 5.90. The SMILES string of the molecule is CN(C)c1nc(N2CCCC2)nc2c1CCN(C(=O)c1ncn[nH]1)CC2. The molecule has 1 amide bonds. The van der Waals surface area contributed by atoms with Gasteiger partial charge >= 0.3 is 0 Å². The minimum atomic E-state index is -0.116. The number of carbonyl (C=O) groups excluding carboxylic acids is 1. The van der Waals surface area contributed by atoms with Gasteiger partial charge in [0.05, 0.1) is 5.69 Å². The molecule has 2 aromatic rings. The molecule has 1 fully saturated rings. The van der Waals surface area contributed by atoms with Crippen molar-refractivity contribution in [3.63, 3.8) is 0 Å². The molecule has 4 heterocycles. The molecule has 4 rings (SSSR count). The van der Waals surface area contributed by atoms with E-state index in [-0.39, 0.29) is 11.7 Å². The first kappa shape index (κ1) is 16.7. The summed E-state index contributed by atoms with van der Waals surface area (Å²) in [6, 6.07) is 0. The van der Waals surface area contributed by atoms with Crippen LogP contribution in [-0.4, -0.2) is 76.2 Å². The summed E-state index contributed by atoms with van der Waals surface area (Å²) < 4.78 is 0. The Morgan fingerprint density at radius 3 is 2.58 bits per heavy atom. The summed E-state index contributed by atoms with van der Waals surface area (Å²) in [6.07, 6.45) is 5.20. The van der Waals surface area contributed by atoms with Crippen LogP contribution in [0.1, 0.15) is 34.7 Å². The maximum absolute atomic E-state index is 12.6. The van der Waals surface area contributed by atoms with E-state index in [4.69, 9.17) is 9.97 Å². The minimum Gasteiger partial charge on any atom is -0.362 e. The van der Waals surface area contributed by atoms with Crippen LogP contribution >= 0.6 is 0 Å². The molecule has 26 heavy (non-hydrogen) atoms. The molecule has 0 spiro atoms. The predicted octanol–water partition coefficient (Wildman–Crippen LogP) is 0.502. The molecule has 0 saturated carbocycles. The molecular weight excluding hydrogens is 332 g/mol. The molecule has 0 aliphatic carbocycles. The van der Waals surface area contributed by atoms with Gasteiger partial charge in [-0.2, -0.15) is 10.1 Å². The van der Waals surface area contributed by atoms with E-state index in [1.807, 2.05) is 23.9 Å². The molecule has 0 radical (unpaired) electrons. The fourth-order valence-electron chi connectivity index (χ4n) is 3.66. The number of anilines is 2. The zero-order valence-corrected chi connectivity index (χ0v) is 15.3. The van der Waals surface area contributed by atoms with Crippen LogP contribution in [0.25, 0.3) is 0 Å². The van der Waals surface area contributed by atoms with E-state index in [1.54, 1.807) is 0 Å². The number of nitrogens with zero attached hydrogens (tertiary/aromatic N) is 7. The zero-order chi connectivity index (χ0) is 18.1. The van der Waals surface area contributed by atoms with Crippen molar-refractivity contribution < 1.29 is 4.79 Å². The number of carbonyl (C=O) groups is 1. The fourth-order valence-corrected chi connectivity index (χ4v) is 3.66. The number of fused-ring (bicyclic) bond motifs is 1. The molecule has 1 saturated heterocycles. The third-order valence-electron chi connectivity index (χ3n) is 5.03. The number of rotatable bonds is 3. The Hall–Kier alpha value is -2.71. The molecule has 0 unspecified atom stereocenters. The summed E-state index contributed by atoms with van der Waals surface area (Å²) >= 11 is 0. The minimum absolute atomic E-state index is 0.116. The lowest BCUT2D eigenvalue weighted by Crippen LogP contribution is -2.34. The van der Waals surface area contributed by atoms with Gasteiger partial charge in [-0.25, -0.2) is 9.97 Å². The lowest BCUT2D eigenvalue weighted by Gasteiger charge is -2.22. The van der Waals surface area contributed by atoms with Crippen LogP contribution in [0.5, 0.6) is 0 Å². The van der Waals surface area contributed by atoms with E-state index >= 15 is 0 Å². The molecule has 0 aromatic carbocycles. The number of H-pyrrole nitrogens is 1. The number of hydrogen-bond donors (Lipinski definition) is 1. The quantitative estimate of drug-likeness (QED) is 0.856. The van der Waals surface area contributed by atoms with Gasteiger partial charge in [0.1, 0.15) is 12.1 Å². The predicted molar refractivity (Wildman–Crippen MR) is 97.5 cm³/mol. The van der Waals surface area contributed by atoms with Crippen molar-refractivity contribution in [3.05, 3.63) is 23.4 Å². The lowest BCUT2D eigenvalue weighted by atomic mass is 10.1. The van der Waals surface area contributed by atoms with E-state index in [9.17, 15) is 4.79 Å². The molecule has 9 nitrogen and oxygen atoms in total. The molecule has 138 valence electrons. The van der Waals surface area contributed by atoms with Crippen LogP contribution in [0.15, 0.2) is 6.33 Å². The highest BCUT2D eigenvalue weighted by Crippen LogP contribution is 2.27. The number of hydrogen-bond acceptors (Lipinski definition) is 7. The standard InChI is InChI=1S/C17H24N8O/c1-23(2)15-12-5-9-24(16(26)14-18-11-19-22-14)10-6-13(12)20-17(21-15)25-7-3-4-8-25/h11H,3-10H2,1-2H3,(H,18,19,22). The topological polar surface area (TPSA) is 94.1 Å². The Kier molecular flexibility index (Phi) is 4.44. The van der Waals surface area contributed by atoms with Crippen molar-refractivity contribution >= 4 is 17.7 Å². The average molecular weight is 356 g/mol. The van der Waals surface area contributed by atoms with Gasteiger partial charge in [-0.05, 0) is 19.3 Å². The van der Waals surface area contributed by atoms with Gasteiger partial charge in [-0.15, -0.1) is 0 Å². The van der Waals surface area contributed by atoms with E-state index in [0.717, 1.165) is 49.0 Å². The fraction of sp³-hybridized carbons (Fsp3) is 0.588. The summed E-state index contributed by atoms with van der Waals surface area (Å²) in [6.45, 7) is 3.28. The highest BCUT2D eigenvalue weighted by Gasteiger charge is 2.26. The summed E-state index contributed by atoms with van der Waals surface area (Å²) in [7, 11) is 4.03. The molecule has 2 aliphatic rings. The van der Waals surface area contributed by atoms with Crippen molar-refractivity contribution in [2.24, 2.45) is 0 Å². The normalized spacial score (nSPS) is 17.2. The summed E-state index contributed by atoms with van der Waals surface area (Å²) in [5.74, 6) is 1.95. The van der Waals surface area contributed by atoms with Crippen molar-refractivity contribution in [1.29, 1.82) is 0 Å². The molecule has 0 bridgehead atoms. The molecule has 0 atom stereocenters. The van der Waals surface area contributed by atoms with Gasteiger partial charge < -0.3 is 14.7 Å². The second-order valence-corrected chi connectivity index (χ2v) is 6.99. The van der Waals surface area contributed by atoms with Crippen LogP contribution in [0.4, 0.5) is 11.8 Å². The molecule has 1 N–H and O–H groups in total. The average Bonchev–Trinajstić information content (AvgIpc) is 3.31. The Morgan fingerprint density at radius 1 is 1.12 bits per heavy atom. The summed E-state index contributed by atoms with van der Waals surface area (Å²) in [5, 5.41) is 6.43. The third-order valence-corrected chi connectivity index (χ3v) is 5.03. The van der Waals surface area contributed by atoms with Crippen LogP contribution in [0.2, 0.25) is 0 Å². The second-order valence-electron chi connectivity index (χ2n) is 6.99. The van der Waals surface area contributed by atoms with E-state index in [0.29, 0.717) is 13.1 Å². The first-order chi connectivity index (χ1) is 12.6. The van der Waals surface area contributed by atoms with Crippen LogP contribution in [-0.2, 0) is 12.8 Å². The van der Waals surface area contributed by atoms with Crippen LogP contribution in [0.3, 0.4) is 0 Å². The van der Waals surface area contributed by atoms with Gasteiger partial charge in [0.2, 0.25) is 11.8 Å². The van der Waals surface area contributed by atoms with Crippen molar-refractivity contribution in [2.75, 3.05) is 50.1 Å². The second kappa shape index (κ2) is 6.89. The molecular formula is C17H24N8O. The number of amides is 1. The molecule has 9 heteroatoms. The third kappa shape index (κ3) is 3.09. The first-order valence-electron chi connectivity index (χ1n) is 9.10. The van der Waals surface area contributed by atoms with Gasteiger partial charge in [0, 0.05) is 52.3 Å². The summed E-state index contributed by atoms with van der Waals surface area (Å²) in [5.41, 5.74) is 2.20.